The van der Waals surface area contributed by atoms with Crippen LogP contribution in [-0.2, 0) is 15.9 Å². The molecule has 0 radical (unpaired) electrons. The molecule has 0 aromatic heterocycles. The molecule has 1 N–H and O–H groups in total. The van der Waals surface area contributed by atoms with Crippen molar-refractivity contribution in [2.24, 2.45) is 11.3 Å². The van der Waals surface area contributed by atoms with Gasteiger partial charge in [0, 0.05) is 19.2 Å². The Morgan fingerprint density at radius 3 is 2.68 bits per heavy atom. The molecule has 6 nitrogen and oxygen atoms in total. The van der Waals surface area contributed by atoms with E-state index in [1.165, 1.54) is 24.0 Å². The molecule has 1 saturated carbocycles. The molecule has 2 aliphatic carbocycles. The molecule has 1 unspecified atom stereocenters. The second kappa shape index (κ2) is 8.90. The average molecular weight is 463 g/mol. The molecule has 1 spiro atoms. The lowest BCUT2D eigenvalue weighted by Gasteiger charge is -2.44. The average Bonchev–Trinajstić information content (AvgIpc) is 3.65. The van der Waals surface area contributed by atoms with Gasteiger partial charge in [-0.15, -0.1) is 0 Å². The number of alkyl carbamates (subject to hydrolysis) is 1. The summed E-state index contributed by atoms with van der Waals surface area (Å²) in [6.45, 7) is 3.40. The molecular weight excluding hydrogens is 428 g/mol. The number of nitrogens with one attached hydrogen (secondary N) is 1. The summed E-state index contributed by atoms with van der Waals surface area (Å²) in [4.78, 5) is 15.5. The van der Waals surface area contributed by atoms with Gasteiger partial charge in [-0.1, -0.05) is 36.4 Å². The van der Waals surface area contributed by atoms with Crippen molar-refractivity contribution in [2.45, 2.75) is 50.7 Å². The Morgan fingerprint density at radius 1 is 1.12 bits per heavy atom. The van der Waals surface area contributed by atoms with Crippen LogP contribution >= 0.6 is 0 Å². The van der Waals surface area contributed by atoms with Gasteiger partial charge in [-0.05, 0) is 85.7 Å². The minimum absolute atomic E-state index is 0.0267. The maximum Gasteiger partial charge on any atom is 0.407 e. The van der Waals surface area contributed by atoms with Crippen molar-refractivity contribution < 1.29 is 19.0 Å². The molecule has 34 heavy (non-hydrogen) atoms. The Hall–Kier alpha value is -2.57. The number of amides is 1. The number of fused-ring (bicyclic) bond motifs is 4. The predicted octanol–water partition coefficient (Wildman–Crippen LogP) is 4.92. The fourth-order valence-electron chi connectivity index (χ4n) is 6.35. The zero-order chi connectivity index (χ0) is 23.1. The standard InChI is InChI=1S/C28H34N2O4/c1-32-18-33-24-5-3-2-4-22(24)20-6-7-23-21(16-20)8-11-28(12-13-28)26(23)29-27(31)34-25-17-30-14-9-19(25)10-15-30/h2-7,16,19,25-26H,8-15,17-18H2,1H3,(H,29,31)/t25-,26?/m1/s1. The normalized spacial score (nSPS) is 28.3. The first-order chi connectivity index (χ1) is 16.6. The van der Waals surface area contributed by atoms with Crippen molar-refractivity contribution in [2.75, 3.05) is 33.5 Å². The highest BCUT2D eigenvalue weighted by atomic mass is 16.7. The van der Waals surface area contributed by atoms with Gasteiger partial charge < -0.3 is 19.5 Å². The van der Waals surface area contributed by atoms with Crippen LogP contribution in [0.1, 0.15) is 49.3 Å². The number of benzene rings is 2. The number of aryl methyl sites for hydroxylation is 1. The van der Waals surface area contributed by atoms with Crippen LogP contribution in [0.4, 0.5) is 4.79 Å². The summed E-state index contributed by atoms with van der Waals surface area (Å²) in [5.41, 5.74) is 4.94. The molecule has 2 atom stereocenters. The van der Waals surface area contributed by atoms with Gasteiger partial charge in [-0.3, -0.25) is 4.90 Å². The van der Waals surface area contributed by atoms with Crippen LogP contribution < -0.4 is 10.1 Å². The van der Waals surface area contributed by atoms with Gasteiger partial charge in [0.2, 0.25) is 0 Å². The molecule has 3 heterocycles. The number of carbonyl (C=O) groups is 1. The summed E-state index contributed by atoms with van der Waals surface area (Å²) in [6, 6.07) is 14.7. The van der Waals surface area contributed by atoms with Crippen molar-refractivity contribution in [1.29, 1.82) is 0 Å². The molecule has 3 saturated heterocycles. The van der Waals surface area contributed by atoms with Gasteiger partial charge >= 0.3 is 6.09 Å². The lowest BCUT2D eigenvalue weighted by Crippen LogP contribution is -2.53. The fraction of sp³-hybridized carbons (Fsp3) is 0.536. The number of hydrogen-bond acceptors (Lipinski definition) is 5. The summed E-state index contributed by atoms with van der Waals surface area (Å²) in [5, 5.41) is 3.31. The molecular formula is C28H34N2O4. The minimum Gasteiger partial charge on any atom is -0.467 e. The van der Waals surface area contributed by atoms with Crippen molar-refractivity contribution in [3.8, 4) is 16.9 Å². The van der Waals surface area contributed by atoms with Crippen molar-refractivity contribution >= 4 is 6.09 Å². The van der Waals surface area contributed by atoms with Crippen molar-refractivity contribution in [1.82, 2.24) is 10.2 Å². The van der Waals surface area contributed by atoms with E-state index in [-0.39, 0.29) is 30.4 Å². The van der Waals surface area contributed by atoms with E-state index in [9.17, 15) is 4.79 Å². The largest absolute Gasteiger partial charge is 0.467 e. The summed E-state index contributed by atoms with van der Waals surface area (Å²) >= 11 is 0. The van der Waals surface area contributed by atoms with E-state index < -0.39 is 0 Å². The van der Waals surface area contributed by atoms with Crippen molar-refractivity contribution in [3.05, 3.63) is 53.6 Å². The van der Waals surface area contributed by atoms with E-state index in [0.29, 0.717) is 5.92 Å². The topological polar surface area (TPSA) is 60.0 Å². The molecule has 4 fully saturated rings. The summed E-state index contributed by atoms with van der Waals surface area (Å²) in [5.74, 6) is 1.33. The molecule has 7 rings (SSSR count). The van der Waals surface area contributed by atoms with Gasteiger partial charge in [-0.25, -0.2) is 4.79 Å². The molecule has 2 bridgehead atoms. The van der Waals surface area contributed by atoms with E-state index in [0.717, 1.165) is 62.2 Å². The Balaban J connectivity index is 1.22. The lowest BCUT2D eigenvalue weighted by atomic mass is 9.76. The molecule has 2 aromatic carbocycles. The molecule has 2 aromatic rings. The van der Waals surface area contributed by atoms with Crippen LogP contribution in [0.2, 0.25) is 0 Å². The number of piperidine rings is 3. The van der Waals surface area contributed by atoms with Crippen LogP contribution in [0.5, 0.6) is 5.75 Å². The molecule has 5 aliphatic rings. The number of nitrogens with zero attached hydrogens (tertiary/aromatic N) is 1. The van der Waals surface area contributed by atoms with E-state index in [1.807, 2.05) is 18.2 Å². The number of rotatable bonds is 6. The van der Waals surface area contributed by atoms with Crippen molar-refractivity contribution in [3.63, 3.8) is 0 Å². The predicted molar refractivity (Wildman–Crippen MR) is 130 cm³/mol. The number of para-hydroxylation sites is 1. The van der Waals surface area contributed by atoms with Crippen LogP contribution in [0.3, 0.4) is 0 Å². The third-order valence-corrected chi connectivity index (χ3v) is 8.50. The minimum atomic E-state index is -0.245. The first-order valence-electron chi connectivity index (χ1n) is 12.7. The zero-order valence-electron chi connectivity index (χ0n) is 19.9. The quantitative estimate of drug-likeness (QED) is 0.617. The maximum atomic E-state index is 13.0. The third kappa shape index (κ3) is 4.07. The van der Waals surface area contributed by atoms with Crippen LogP contribution in [0.25, 0.3) is 11.1 Å². The molecule has 6 heteroatoms. The Morgan fingerprint density at radius 2 is 1.94 bits per heavy atom. The molecule has 3 aliphatic heterocycles. The SMILES string of the molecule is COCOc1ccccc1-c1ccc2c(c1)CCC1(CC1)C2NC(=O)O[C@@H]1CN2CCC1CC2. The number of methoxy groups -OCH3 is 1. The Labute approximate surface area is 201 Å². The number of hydrogen-bond donors (Lipinski definition) is 1. The van der Waals surface area contributed by atoms with Gasteiger partial charge in [0.15, 0.2) is 6.79 Å². The Bertz CT molecular complexity index is 1060. The first-order valence-corrected chi connectivity index (χ1v) is 12.7. The monoisotopic (exact) mass is 462 g/mol. The van der Waals surface area contributed by atoms with E-state index in [4.69, 9.17) is 14.2 Å². The maximum absolute atomic E-state index is 13.0. The van der Waals surface area contributed by atoms with E-state index >= 15 is 0 Å². The summed E-state index contributed by atoms with van der Waals surface area (Å²) < 4.78 is 16.9. The van der Waals surface area contributed by atoms with Gasteiger partial charge in [0.1, 0.15) is 11.9 Å². The van der Waals surface area contributed by atoms with Crippen LogP contribution in [0, 0.1) is 11.3 Å². The lowest BCUT2D eigenvalue weighted by molar-refractivity contribution is -0.0347. The highest BCUT2D eigenvalue weighted by molar-refractivity contribution is 5.73. The second-order valence-corrected chi connectivity index (χ2v) is 10.5. The highest BCUT2D eigenvalue weighted by Crippen LogP contribution is 2.61. The molecule has 1 amide bonds. The van der Waals surface area contributed by atoms with E-state index in [1.54, 1.807) is 7.11 Å². The van der Waals surface area contributed by atoms with Gasteiger partial charge in [0.05, 0.1) is 6.04 Å². The Kier molecular flexibility index (Phi) is 5.74. The third-order valence-electron chi connectivity index (χ3n) is 8.50. The van der Waals surface area contributed by atoms with Gasteiger partial charge in [-0.2, -0.15) is 0 Å². The zero-order valence-corrected chi connectivity index (χ0v) is 19.9. The number of carbonyl (C=O) groups excluding carboxylic acids is 1. The highest BCUT2D eigenvalue weighted by Gasteiger charge is 2.53. The smallest absolute Gasteiger partial charge is 0.407 e. The summed E-state index contributed by atoms with van der Waals surface area (Å²) in [7, 11) is 1.63. The van der Waals surface area contributed by atoms with Crippen LogP contribution in [0.15, 0.2) is 42.5 Å². The van der Waals surface area contributed by atoms with E-state index in [2.05, 4.69) is 34.5 Å². The second-order valence-electron chi connectivity index (χ2n) is 10.5. The molecule has 180 valence electrons. The fourth-order valence-corrected chi connectivity index (χ4v) is 6.35. The summed E-state index contributed by atoms with van der Waals surface area (Å²) in [6.07, 6.45) is 6.57. The number of ether oxygens (including phenoxy) is 3. The van der Waals surface area contributed by atoms with Crippen LogP contribution in [-0.4, -0.2) is 50.6 Å². The van der Waals surface area contributed by atoms with Gasteiger partial charge in [0.25, 0.3) is 0 Å². The first kappa shape index (κ1) is 21.9.